The number of thioether (sulfide) groups is 1. The van der Waals surface area contributed by atoms with Crippen molar-refractivity contribution in [3.63, 3.8) is 0 Å². The van der Waals surface area contributed by atoms with E-state index in [9.17, 15) is 13.2 Å². The summed E-state index contributed by atoms with van der Waals surface area (Å²) in [6.45, 7) is 6.02. The van der Waals surface area contributed by atoms with Crippen molar-refractivity contribution in [3.05, 3.63) is 47.5 Å². The van der Waals surface area contributed by atoms with Gasteiger partial charge in [0.05, 0.1) is 11.3 Å². The third-order valence-corrected chi connectivity index (χ3v) is 8.19. The zero-order chi connectivity index (χ0) is 23.4. The number of nitrogens with zero attached hydrogens (tertiary/aromatic N) is 5. The molecular formula is C23H26F3N5OS. The summed E-state index contributed by atoms with van der Waals surface area (Å²) in [4.78, 5) is 6.59. The summed E-state index contributed by atoms with van der Waals surface area (Å²) in [6.07, 6.45) is -0.820. The fourth-order valence-corrected chi connectivity index (χ4v) is 5.97. The fraction of sp³-hybridized carbons (Fsp3) is 0.522. The van der Waals surface area contributed by atoms with Crippen LogP contribution in [-0.4, -0.2) is 49.5 Å². The standard InChI is InChI=1S/C23H26F3N5OS/c1-14(8-9-33-21-29-28-20(30(21)3)19-15(2)27-13-32-19)31-11-18-10-22(18,12-31)16-4-6-17(7-5-16)23(24,25)26/h4-7,13-14,18H,8-12H2,1-3H3. The van der Waals surface area contributed by atoms with Gasteiger partial charge in [-0.25, -0.2) is 4.98 Å². The maximum Gasteiger partial charge on any atom is 0.416 e. The van der Waals surface area contributed by atoms with Crippen LogP contribution in [0.15, 0.2) is 40.2 Å². The average Bonchev–Trinajstić information content (AvgIpc) is 3.08. The van der Waals surface area contributed by atoms with Crippen LogP contribution in [0.3, 0.4) is 0 Å². The Bertz CT molecular complexity index is 1140. The van der Waals surface area contributed by atoms with E-state index in [0.29, 0.717) is 23.5 Å². The van der Waals surface area contributed by atoms with E-state index >= 15 is 0 Å². The molecule has 1 aliphatic heterocycles. The molecule has 0 radical (unpaired) electrons. The SMILES string of the molecule is Cc1ncoc1-c1nnc(SCCC(C)N2CC3CC3(c3ccc(C(F)(F)F)cc3)C2)n1C. The lowest BCUT2D eigenvalue weighted by Gasteiger charge is -2.27. The number of fused-ring (bicyclic) bond motifs is 1. The molecule has 176 valence electrons. The predicted molar refractivity (Wildman–Crippen MR) is 119 cm³/mol. The number of rotatable bonds is 7. The van der Waals surface area contributed by atoms with E-state index in [1.807, 2.05) is 18.5 Å². The van der Waals surface area contributed by atoms with Crippen LogP contribution in [0.4, 0.5) is 13.2 Å². The van der Waals surface area contributed by atoms with Crippen LogP contribution in [-0.2, 0) is 18.6 Å². The van der Waals surface area contributed by atoms with Crippen molar-refractivity contribution < 1.29 is 17.6 Å². The molecule has 1 aromatic carbocycles. The highest BCUT2D eigenvalue weighted by Crippen LogP contribution is 2.59. The minimum absolute atomic E-state index is 0.0267. The fourth-order valence-electron chi connectivity index (χ4n) is 4.95. The Morgan fingerprint density at radius 2 is 2.00 bits per heavy atom. The largest absolute Gasteiger partial charge is 0.440 e. The van der Waals surface area contributed by atoms with Crippen molar-refractivity contribution in [2.45, 2.75) is 49.5 Å². The molecular weight excluding hydrogens is 451 g/mol. The van der Waals surface area contributed by atoms with Crippen LogP contribution in [0, 0.1) is 12.8 Å². The molecule has 3 heterocycles. The van der Waals surface area contributed by atoms with Gasteiger partial charge in [0.25, 0.3) is 0 Å². The average molecular weight is 478 g/mol. The summed E-state index contributed by atoms with van der Waals surface area (Å²) in [5, 5.41) is 9.38. The summed E-state index contributed by atoms with van der Waals surface area (Å²) in [5.41, 5.74) is 1.27. The highest BCUT2D eigenvalue weighted by Gasteiger charge is 2.61. The zero-order valence-electron chi connectivity index (χ0n) is 18.8. The topological polar surface area (TPSA) is 60.0 Å². The number of benzene rings is 1. The monoisotopic (exact) mass is 477 g/mol. The molecule has 10 heteroatoms. The second-order valence-electron chi connectivity index (χ2n) is 9.18. The van der Waals surface area contributed by atoms with E-state index in [1.54, 1.807) is 23.9 Å². The van der Waals surface area contributed by atoms with Crippen molar-refractivity contribution in [1.82, 2.24) is 24.6 Å². The molecule has 3 aromatic rings. The molecule has 0 N–H and O–H groups in total. The third kappa shape index (κ3) is 4.07. The van der Waals surface area contributed by atoms with Gasteiger partial charge in [-0.1, -0.05) is 23.9 Å². The van der Waals surface area contributed by atoms with Gasteiger partial charge in [-0.15, -0.1) is 10.2 Å². The lowest BCUT2D eigenvalue weighted by atomic mass is 9.94. The minimum atomic E-state index is -4.29. The van der Waals surface area contributed by atoms with Gasteiger partial charge >= 0.3 is 6.18 Å². The lowest BCUT2D eigenvalue weighted by molar-refractivity contribution is -0.137. The maximum atomic E-state index is 12.9. The van der Waals surface area contributed by atoms with Crippen LogP contribution in [0.25, 0.3) is 11.6 Å². The van der Waals surface area contributed by atoms with E-state index in [1.165, 1.54) is 18.5 Å². The molecule has 3 unspecified atom stereocenters. The van der Waals surface area contributed by atoms with Crippen LogP contribution in [0.2, 0.25) is 0 Å². The molecule has 3 atom stereocenters. The van der Waals surface area contributed by atoms with Crippen LogP contribution in [0.1, 0.15) is 36.6 Å². The molecule has 5 rings (SSSR count). The van der Waals surface area contributed by atoms with Gasteiger partial charge in [-0.3, -0.25) is 4.90 Å². The smallest absolute Gasteiger partial charge is 0.416 e. The molecule has 2 aliphatic rings. The Morgan fingerprint density at radius 1 is 1.24 bits per heavy atom. The Kier molecular flexibility index (Phi) is 5.55. The Labute approximate surface area is 194 Å². The first-order valence-corrected chi connectivity index (χ1v) is 12.0. The molecule has 1 aliphatic carbocycles. The Hall–Kier alpha value is -2.33. The van der Waals surface area contributed by atoms with Crippen molar-refractivity contribution in [2.75, 3.05) is 18.8 Å². The molecule has 1 saturated carbocycles. The van der Waals surface area contributed by atoms with Gasteiger partial charge in [0.2, 0.25) is 5.82 Å². The minimum Gasteiger partial charge on any atom is -0.440 e. The van der Waals surface area contributed by atoms with Crippen molar-refractivity contribution in [2.24, 2.45) is 13.0 Å². The van der Waals surface area contributed by atoms with E-state index in [2.05, 4.69) is 27.0 Å². The first-order valence-electron chi connectivity index (χ1n) is 11.0. The first-order chi connectivity index (χ1) is 15.7. The first kappa shape index (κ1) is 22.5. The molecule has 0 bridgehead atoms. The number of oxazole rings is 1. The summed E-state index contributed by atoms with van der Waals surface area (Å²) in [6, 6.07) is 6.18. The molecule has 2 aromatic heterocycles. The van der Waals surface area contributed by atoms with E-state index in [4.69, 9.17) is 4.42 Å². The quantitative estimate of drug-likeness (QED) is 0.449. The Balaban J connectivity index is 1.16. The molecule has 0 spiro atoms. The number of aryl methyl sites for hydroxylation is 1. The molecule has 0 amide bonds. The summed E-state index contributed by atoms with van der Waals surface area (Å²) >= 11 is 1.66. The maximum absolute atomic E-state index is 12.9. The molecule has 2 fully saturated rings. The van der Waals surface area contributed by atoms with Gasteiger partial charge < -0.3 is 8.98 Å². The number of halogens is 3. The number of hydrogen-bond donors (Lipinski definition) is 0. The number of likely N-dealkylation sites (tertiary alicyclic amines) is 1. The van der Waals surface area contributed by atoms with E-state index < -0.39 is 11.7 Å². The molecule has 1 saturated heterocycles. The van der Waals surface area contributed by atoms with Crippen LogP contribution >= 0.6 is 11.8 Å². The zero-order valence-corrected chi connectivity index (χ0v) is 19.6. The van der Waals surface area contributed by atoms with Crippen molar-refractivity contribution >= 4 is 11.8 Å². The third-order valence-electron chi connectivity index (χ3n) is 7.13. The second-order valence-corrected chi connectivity index (χ2v) is 10.2. The van der Waals surface area contributed by atoms with Gasteiger partial charge in [0.1, 0.15) is 0 Å². The predicted octanol–water partition coefficient (Wildman–Crippen LogP) is 4.94. The second kappa shape index (κ2) is 8.16. The highest BCUT2D eigenvalue weighted by atomic mass is 32.2. The highest BCUT2D eigenvalue weighted by molar-refractivity contribution is 7.99. The van der Waals surface area contributed by atoms with Gasteiger partial charge in [-0.05, 0) is 50.3 Å². The van der Waals surface area contributed by atoms with E-state index in [0.717, 1.165) is 48.1 Å². The summed E-state index contributed by atoms with van der Waals surface area (Å²) < 4.78 is 46.1. The lowest BCUT2D eigenvalue weighted by Crippen LogP contribution is -2.35. The van der Waals surface area contributed by atoms with Gasteiger partial charge in [0.15, 0.2) is 17.3 Å². The number of piperidine rings is 1. The van der Waals surface area contributed by atoms with Crippen LogP contribution < -0.4 is 0 Å². The summed E-state index contributed by atoms with van der Waals surface area (Å²) in [7, 11) is 1.92. The Morgan fingerprint density at radius 3 is 2.67 bits per heavy atom. The van der Waals surface area contributed by atoms with Crippen molar-refractivity contribution in [1.29, 1.82) is 0 Å². The molecule has 6 nitrogen and oxygen atoms in total. The normalized spacial score (nSPS) is 23.6. The van der Waals surface area contributed by atoms with Crippen LogP contribution in [0.5, 0.6) is 0 Å². The summed E-state index contributed by atoms with van der Waals surface area (Å²) in [5.74, 6) is 2.74. The number of aromatic nitrogens is 4. The number of hydrogen-bond acceptors (Lipinski definition) is 6. The van der Waals surface area contributed by atoms with E-state index in [-0.39, 0.29) is 5.41 Å². The number of alkyl halides is 3. The molecule has 33 heavy (non-hydrogen) atoms. The van der Waals surface area contributed by atoms with Crippen molar-refractivity contribution in [3.8, 4) is 11.6 Å². The van der Waals surface area contributed by atoms with Gasteiger partial charge in [-0.2, -0.15) is 13.2 Å². The van der Waals surface area contributed by atoms with Gasteiger partial charge in [0, 0.05) is 37.3 Å².